The monoisotopic (exact) mass is 311 g/mol. The molecule has 0 unspecified atom stereocenters. The number of imidazole rings is 1. The van der Waals surface area contributed by atoms with Gasteiger partial charge in [0.1, 0.15) is 23.2 Å². The van der Waals surface area contributed by atoms with Gasteiger partial charge in [-0.05, 0) is 31.2 Å². The zero-order valence-electron chi connectivity index (χ0n) is 13.0. The number of halogens is 1. The normalized spacial score (nSPS) is 14.9. The van der Waals surface area contributed by atoms with E-state index in [9.17, 15) is 4.39 Å². The number of fused-ring (bicyclic) bond motifs is 1. The second kappa shape index (κ2) is 5.66. The first-order valence-corrected chi connectivity index (χ1v) is 7.79. The molecule has 1 aliphatic rings. The molecule has 1 aromatic carbocycles. The maximum absolute atomic E-state index is 13.8. The van der Waals surface area contributed by atoms with E-state index >= 15 is 0 Å². The summed E-state index contributed by atoms with van der Waals surface area (Å²) in [5.74, 6) is 2.14. The minimum absolute atomic E-state index is 0.260. The van der Waals surface area contributed by atoms with Gasteiger partial charge in [-0.3, -0.25) is 4.90 Å². The van der Waals surface area contributed by atoms with Crippen molar-refractivity contribution in [1.29, 1.82) is 0 Å². The van der Waals surface area contributed by atoms with Crippen molar-refractivity contribution >= 4 is 0 Å². The average Bonchev–Trinajstić information content (AvgIpc) is 3.13. The minimum atomic E-state index is -0.260. The number of H-pyrrole nitrogens is 1. The van der Waals surface area contributed by atoms with E-state index in [0.717, 1.165) is 31.1 Å². The Kier molecular flexibility index (Phi) is 3.50. The van der Waals surface area contributed by atoms with Crippen LogP contribution in [0.2, 0.25) is 0 Å². The van der Waals surface area contributed by atoms with Gasteiger partial charge in [0.25, 0.3) is 0 Å². The molecule has 3 aromatic rings. The van der Waals surface area contributed by atoms with Crippen LogP contribution in [0.5, 0.6) is 0 Å². The number of nitrogens with one attached hydrogen (secondary N) is 1. The molecule has 1 N–H and O–H groups in total. The van der Waals surface area contributed by atoms with Gasteiger partial charge in [-0.2, -0.15) is 0 Å². The third kappa shape index (κ3) is 2.80. The largest absolute Gasteiger partial charge is 0.460 e. The summed E-state index contributed by atoms with van der Waals surface area (Å²) in [4.78, 5) is 10.1. The number of hydrogen-bond donors (Lipinski definition) is 1. The van der Waals surface area contributed by atoms with Crippen LogP contribution in [-0.4, -0.2) is 21.4 Å². The number of aromatic amines is 1. The Morgan fingerprint density at radius 1 is 1.26 bits per heavy atom. The molecule has 0 saturated heterocycles. The summed E-state index contributed by atoms with van der Waals surface area (Å²) in [6.45, 7) is 4.49. The van der Waals surface area contributed by atoms with Crippen molar-refractivity contribution < 1.29 is 8.81 Å². The molecule has 0 radical (unpaired) electrons. The molecule has 2 aromatic heterocycles. The number of hydrogen-bond acceptors (Lipinski definition) is 3. The van der Waals surface area contributed by atoms with Gasteiger partial charge >= 0.3 is 0 Å². The van der Waals surface area contributed by atoms with E-state index in [1.54, 1.807) is 12.1 Å². The fourth-order valence-corrected chi connectivity index (χ4v) is 3.12. The summed E-state index contributed by atoms with van der Waals surface area (Å²) in [5, 5.41) is 0. The lowest BCUT2D eigenvalue weighted by Crippen LogP contribution is -2.29. The Morgan fingerprint density at radius 3 is 3.00 bits per heavy atom. The number of furan rings is 1. The first kappa shape index (κ1) is 14.2. The van der Waals surface area contributed by atoms with Crippen LogP contribution in [0, 0.1) is 12.7 Å². The topological polar surface area (TPSA) is 45.1 Å². The van der Waals surface area contributed by atoms with E-state index in [2.05, 4.69) is 14.9 Å². The Bertz CT molecular complexity index is 836. The fraction of sp³-hybridized carbons (Fsp3) is 0.278. The number of rotatable bonds is 3. The Balaban J connectivity index is 1.50. The smallest absolute Gasteiger partial charge is 0.137 e. The van der Waals surface area contributed by atoms with E-state index in [1.165, 1.54) is 17.5 Å². The lowest BCUT2D eigenvalue weighted by Gasteiger charge is -2.24. The van der Waals surface area contributed by atoms with E-state index < -0.39 is 0 Å². The number of benzene rings is 1. The highest BCUT2D eigenvalue weighted by molar-refractivity contribution is 5.58. The van der Waals surface area contributed by atoms with Gasteiger partial charge in [0.15, 0.2) is 0 Å². The highest BCUT2D eigenvalue weighted by atomic mass is 19.1. The molecule has 5 heteroatoms. The summed E-state index contributed by atoms with van der Waals surface area (Å²) < 4.78 is 19.7. The third-order valence-corrected chi connectivity index (χ3v) is 4.21. The first-order chi connectivity index (χ1) is 11.2. The van der Waals surface area contributed by atoms with E-state index in [4.69, 9.17) is 4.42 Å². The molecule has 0 aliphatic carbocycles. The van der Waals surface area contributed by atoms with Crippen molar-refractivity contribution in [3.05, 3.63) is 65.2 Å². The van der Waals surface area contributed by atoms with Crippen LogP contribution in [0.4, 0.5) is 4.39 Å². The van der Waals surface area contributed by atoms with E-state index in [1.807, 2.05) is 25.1 Å². The number of nitrogens with zero attached hydrogens (tertiary/aromatic N) is 2. The van der Waals surface area contributed by atoms with Crippen molar-refractivity contribution in [2.24, 2.45) is 0 Å². The second-order valence-corrected chi connectivity index (χ2v) is 5.95. The summed E-state index contributed by atoms with van der Waals surface area (Å²) in [6, 6.07) is 10.4. The second-order valence-electron chi connectivity index (χ2n) is 5.95. The van der Waals surface area contributed by atoms with Gasteiger partial charge in [0, 0.05) is 19.5 Å². The van der Waals surface area contributed by atoms with Gasteiger partial charge < -0.3 is 9.40 Å². The maximum atomic E-state index is 13.8. The molecule has 4 nitrogen and oxygen atoms in total. The van der Waals surface area contributed by atoms with Gasteiger partial charge in [-0.25, -0.2) is 9.37 Å². The Morgan fingerprint density at radius 2 is 2.13 bits per heavy atom. The van der Waals surface area contributed by atoms with Crippen molar-refractivity contribution in [3.8, 4) is 11.3 Å². The van der Waals surface area contributed by atoms with Crippen LogP contribution >= 0.6 is 0 Å². The molecule has 0 spiro atoms. The van der Waals surface area contributed by atoms with Gasteiger partial charge in [0.2, 0.25) is 0 Å². The molecule has 0 amide bonds. The van der Waals surface area contributed by atoms with Gasteiger partial charge in [0.05, 0.1) is 23.5 Å². The highest BCUT2D eigenvalue weighted by Crippen LogP contribution is 2.26. The third-order valence-electron chi connectivity index (χ3n) is 4.21. The quantitative estimate of drug-likeness (QED) is 0.802. The number of aryl methyl sites for hydroxylation is 1. The van der Waals surface area contributed by atoms with Crippen LogP contribution in [0.25, 0.3) is 11.3 Å². The minimum Gasteiger partial charge on any atom is -0.460 e. The van der Waals surface area contributed by atoms with Gasteiger partial charge in [-0.15, -0.1) is 0 Å². The van der Waals surface area contributed by atoms with Crippen LogP contribution < -0.4 is 0 Å². The van der Waals surface area contributed by atoms with Gasteiger partial charge in [-0.1, -0.05) is 12.1 Å². The molecule has 118 valence electrons. The van der Waals surface area contributed by atoms with Crippen LogP contribution in [-0.2, 0) is 19.5 Å². The summed E-state index contributed by atoms with van der Waals surface area (Å²) in [7, 11) is 0. The molecule has 3 heterocycles. The summed E-state index contributed by atoms with van der Waals surface area (Å²) >= 11 is 0. The molecule has 1 aliphatic heterocycles. The van der Waals surface area contributed by atoms with Crippen LogP contribution in [0.3, 0.4) is 0 Å². The zero-order valence-corrected chi connectivity index (χ0v) is 13.0. The van der Waals surface area contributed by atoms with E-state index in [-0.39, 0.29) is 5.82 Å². The average molecular weight is 311 g/mol. The predicted octanol–water partition coefficient (Wildman–Crippen LogP) is 3.68. The molecular weight excluding hydrogens is 293 g/mol. The van der Waals surface area contributed by atoms with Crippen molar-refractivity contribution in [1.82, 2.24) is 14.9 Å². The number of aromatic nitrogens is 2. The Labute approximate surface area is 134 Å². The van der Waals surface area contributed by atoms with Crippen molar-refractivity contribution in [2.45, 2.75) is 26.4 Å². The first-order valence-electron chi connectivity index (χ1n) is 7.79. The molecule has 0 saturated carbocycles. The molecule has 4 rings (SSSR count). The van der Waals surface area contributed by atoms with Crippen LogP contribution in [0.15, 0.2) is 40.8 Å². The van der Waals surface area contributed by atoms with E-state index in [0.29, 0.717) is 17.9 Å². The van der Waals surface area contributed by atoms with Crippen molar-refractivity contribution in [2.75, 3.05) is 6.54 Å². The molecule has 0 fully saturated rings. The summed E-state index contributed by atoms with van der Waals surface area (Å²) in [5.41, 5.74) is 2.86. The van der Waals surface area contributed by atoms with Crippen LogP contribution in [0.1, 0.15) is 23.0 Å². The zero-order chi connectivity index (χ0) is 15.8. The molecule has 0 atom stereocenters. The lowest BCUT2D eigenvalue weighted by atomic mass is 10.1. The highest BCUT2D eigenvalue weighted by Gasteiger charge is 2.20. The lowest BCUT2D eigenvalue weighted by molar-refractivity contribution is 0.223. The standard InChI is InChI=1S/C18H18FN3O/c1-12-20-16-8-9-22(11-17(16)21-12)10-13-6-7-18(23-13)14-4-2-3-5-15(14)19/h2-7H,8-11H2,1H3,(H,20,21). The summed E-state index contributed by atoms with van der Waals surface area (Å²) in [6.07, 6.45) is 0.945. The Hall–Kier alpha value is -2.40. The maximum Gasteiger partial charge on any atom is 0.137 e. The molecule has 0 bridgehead atoms. The fourth-order valence-electron chi connectivity index (χ4n) is 3.12. The SMILES string of the molecule is Cc1nc2c([nH]1)CN(Cc1ccc(-c3ccccc3F)o1)CC2. The molecule has 23 heavy (non-hydrogen) atoms. The molecular formula is C18H18FN3O. The van der Waals surface area contributed by atoms with Crippen molar-refractivity contribution in [3.63, 3.8) is 0 Å². The predicted molar refractivity (Wildman–Crippen MR) is 85.2 cm³/mol.